The lowest BCUT2D eigenvalue weighted by Gasteiger charge is -2.24. The third-order valence-electron chi connectivity index (χ3n) is 5.96. The predicted molar refractivity (Wildman–Crippen MR) is 109 cm³/mol. The number of hydrogen-bond acceptors (Lipinski definition) is 6. The average molecular weight is 420 g/mol. The van der Waals surface area contributed by atoms with Crippen LogP contribution in [0, 0.1) is 0 Å². The molecule has 1 saturated carbocycles. The van der Waals surface area contributed by atoms with Crippen molar-refractivity contribution in [3.05, 3.63) is 82.3 Å². The molecule has 7 nitrogen and oxygen atoms in total. The Morgan fingerprint density at radius 2 is 1.83 bits per heavy atom. The second-order valence-electron chi connectivity index (χ2n) is 7.79. The van der Waals surface area contributed by atoms with Crippen molar-refractivity contribution in [2.45, 2.75) is 37.5 Å². The summed E-state index contributed by atoms with van der Waals surface area (Å²) in [6.07, 6.45) is 1.91. The molecule has 150 valence electrons. The third kappa shape index (κ3) is 2.85. The average Bonchev–Trinajstić information content (AvgIpc) is 3.26. The highest BCUT2D eigenvalue weighted by Crippen LogP contribution is 2.53. The summed E-state index contributed by atoms with van der Waals surface area (Å²) in [6.45, 7) is 0.950. The maximum absolute atomic E-state index is 6.08. The van der Waals surface area contributed by atoms with Crippen LogP contribution in [-0.2, 0) is 23.3 Å². The SMILES string of the molecule is Clc1ccc(C2Cn3nnc(-c4noc(C5(c6ccccc6)CC5)n4)c3CO2)cc1. The van der Waals surface area contributed by atoms with Gasteiger partial charge in [-0.25, -0.2) is 4.68 Å². The maximum atomic E-state index is 6.08. The van der Waals surface area contributed by atoms with Crippen LogP contribution in [0.1, 0.15) is 41.7 Å². The predicted octanol–water partition coefficient (Wildman–Crippen LogP) is 4.33. The lowest BCUT2D eigenvalue weighted by atomic mass is 9.96. The van der Waals surface area contributed by atoms with Crippen LogP contribution in [0.4, 0.5) is 0 Å². The molecular weight excluding hydrogens is 402 g/mol. The van der Waals surface area contributed by atoms with E-state index >= 15 is 0 Å². The Kier molecular flexibility index (Phi) is 4.01. The van der Waals surface area contributed by atoms with Gasteiger partial charge in [-0.3, -0.25) is 0 Å². The molecule has 2 aromatic carbocycles. The molecule has 8 heteroatoms. The number of rotatable bonds is 4. The summed E-state index contributed by atoms with van der Waals surface area (Å²) in [6, 6.07) is 18.0. The molecule has 4 aromatic rings. The fourth-order valence-electron chi connectivity index (χ4n) is 4.09. The molecule has 2 aliphatic rings. The van der Waals surface area contributed by atoms with E-state index in [2.05, 4.69) is 27.6 Å². The molecule has 0 amide bonds. The van der Waals surface area contributed by atoms with Crippen molar-refractivity contribution in [3.8, 4) is 11.5 Å². The molecule has 1 aliphatic heterocycles. The number of aromatic nitrogens is 5. The first-order valence-corrected chi connectivity index (χ1v) is 10.3. The highest BCUT2D eigenvalue weighted by Gasteiger charge is 2.51. The van der Waals surface area contributed by atoms with E-state index in [9.17, 15) is 0 Å². The fourth-order valence-corrected chi connectivity index (χ4v) is 4.21. The number of fused-ring (bicyclic) bond motifs is 1. The Labute approximate surface area is 177 Å². The Balaban J connectivity index is 1.28. The van der Waals surface area contributed by atoms with Crippen molar-refractivity contribution in [1.82, 2.24) is 25.1 Å². The van der Waals surface area contributed by atoms with Gasteiger partial charge in [-0.2, -0.15) is 4.98 Å². The molecule has 30 heavy (non-hydrogen) atoms. The molecule has 0 spiro atoms. The summed E-state index contributed by atoms with van der Waals surface area (Å²) in [5, 5.41) is 13.6. The van der Waals surface area contributed by atoms with Gasteiger partial charge in [-0.05, 0) is 36.1 Å². The zero-order valence-corrected chi connectivity index (χ0v) is 16.8. The normalized spacial score (nSPS) is 19.4. The van der Waals surface area contributed by atoms with Gasteiger partial charge in [-0.15, -0.1) is 5.10 Å². The van der Waals surface area contributed by atoms with E-state index in [0.717, 1.165) is 24.1 Å². The van der Waals surface area contributed by atoms with Crippen LogP contribution in [-0.4, -0.2) is 25.1 Å². The van der Waals surface area contributed by atoms with E-state index in [1.807, 2.05) is 47.1 Å². The molecule has 0 radical (unpaired) electrons. The first kappa shape index (κ1) is 17.8. The van der Waals surface area contributed by atoms with Crippen molar-refractivity contribution in [2.24, 2.45) is 0 Å². The highest BCUT2D eigenvalue weighted by atomic mass is 35.5. The standard InChI is InChI=1S/C22H18ClN5O2/c23-16-8-6-14(7-9-16)18-12-28-17(13-29-18)19(25-27-28)20-24-21(30-26-20)22(10-11-22)15-4-2-1-3-5-15/h1-9,18H,10-13H2. The molecule has 1 aliphatic carbocycles. The summed E-state index contributed by atoms with van der Waals surface area (Å²) < 4.78 is 13.6. The van der Waals surface area contributed by atoms with Crippen molar-refractivity contribution in [1.29, 1.82) is 0 Å². The molecule has 3 heterocycles. The second-order valence-corrected chi connectivity index (χ2v) is 8.23. The van der Waals surface area contributed by atoms with Crippen LogP contribution in [0.3, 0.4) is 0 Å². The number of ether oxygens (including phenoxy) is 1. The molecule has 2 aromatic heterocycles. The summed E-state index contributed by atoms with van der Waals surface area (Å²) in [7, 11) is 0. The largest absolute Gasteiger partial charge is 0.365 e. The Hall–Kier alpha value is -3.03. The van der Waals surface area contributed by atoms with E-state index in [0.29, 0.717) is 35.6 Å². The van der Waals surface area contributed by atoms with E-state index in [4.69, 9.17) is 25.8 Å². The molecule has 0 N–H and O–H groups in total. The second kappa shape index (κ2) is 6.75. The first-order valence-electron chi connectivity index (χ1n) is 9.92. The summed E-state index contributed by atoms with van der Waals surface area (Å²) in [5.41, 5.74) is 3.57. The summed E-state index contributed by atoms with van der Waals surface area (Å²) in [4.78, 5) is 4.69. The monoisotopic (exact) mass is 419 g/mol. The van der Waals surface area contributed by atoms with Crippen LogP contribution in [0.25, 0.3) is 11.5 Å². The van der Waals surface area contributed by atoms with E-state index in [-0.39, 0.29) is 11.5 Å². The van der Waals surface area contributed by atoms with Gasteiger partial charge in [0.1, 0.15) is 6.10 Å². The van der Waals surface area contributed by atoms with Crippen molar-refractivity contribution >= 4 is 11.6 Å². The molecule has 0 saturated heterocycles. The van der Waals surface area contributed by atoms with Crippen LogP contribution in [0.5, 0.6) is 0 Å². The van der Waals surface area contributed by atoms with Crippen LogP contribution in [0.2, 0.25) is 5.02 Å². The molecule has 1 unspecified atom stereocenters. The van der Waals surface area contributed by atoms with E-state index in [1.165, 1.54) is 5.56 Å². The number of halogens is 1. The molecule has 1 fully saturated rings. The molecular formula is C22H18ClN5O2. The number of benzene rings is 2. The van der Waals surface area contributed by atoms with Crippen LogP contribution in [0.15, 0.2) is 59.1 Å². The van der Waals surface area contributed by atoms with Gasteiger partial charge in [-0.1, -0.05) is 64.4 Å². The highest BCUT2D eigenvalue weighted by molar-refractivity contribution is 6.30. The minimum Gasteiger partial charge on any atom is -0.365 e. The molecule has 1 atom stereocenters. The van der Waals surface area contributed by atoms with E-state index in [1.54, 1.807) is 0 Å². The Bertz CT molecular complexity index is 1200. The minimum atomic E-state index is -0.171. The fraction of sp³-hybridized carbons (Fsp3) is 0.273. The van der Waals surface area contributed by atoms with Gasteiger partial charge < -0.3 is 9.26 Å². The zero-order chi connectivity index (χ0) is 20.1. The smallest absolute Gasteiger partial charge is 0.237 e. The van der Waals surface area contributed by atoms with Crippen molar-refractivity contribution in [2.75, 3.05) is 0 Å². The summed E-state index contributed by atoms with van der Waals surface area (Å²) in [5.74, 6) is 1.10. The van der Waals surface area contributed by atoms with Crippen LogP contribution < -0.4 is 0 Å². The summed E-state index contributed by atoms with van der Waals surface area (Å²) >= 11 is 5.99. The van der Waals surface area contributed by atoms with Gasteiger partial charge >= 0.3 is 0 Å². The quantitative estimate of drug-likeness (QED) is 0.489. The maximum Gasteiger partial charge on any atom is 0.237 e. The number of hydrogen-bond donors (Lipinski definition) is 0. The Morgan fingerprint density at radius 1 is 1.03 bits per heavy atom. The minimum absolute atomic E-state index is 0.0991. The molecule has 6 rings (SSSR count). The van der Waals surface area contributed by atoms with Crippen molar-refractivity contribution in [3.63, 3.8) is 0 Å². The van der Waals surface area contributed by atoms with Gasteiger partial charge in [0, 0.05) is 5.02 Å². The van der Waals surface area contributed by atoms with Gasteiger partial charge in [0.15, 0.2) is 5.69 Å². The number of nitrogens with zero attached hydrogens (tertiary/aromatic N) is 5. The molecule has 0 bridgehead atoms. The van der Waals surface area contributed by atoms with Gasteiger partial charge in [0.05, 0.1) is 24.3 Å². The zero-order valence-electron chi connectivity index (χ0n) is 16.0. The van der Waals surface area contributed by atoms with Crippen molar-refractivity contribution < 1.29 is 9.26 Å². The Morgan fingerprint density at radius 3 is 2.60 bits per heavy atom. The lowest BCUT2D eigenvalue weighted by molar-refractivity contribution is -0.00111. The van der Waals surface area contributed by atoms with Gasteiger partial charge in [0.25, 0.3) is 0 Å². The topological polar surface area (TPSA) is 78.9 Å². The third-order valence-corrected chi connectivity index (χ3v) is 6.21. The lowest BCUT2D eigenvalue weighted by Crippen LogP contribution is -2.22. The van der Waals surface area contributed by atoms with E-state index < -0.39 is 0 Å². The van der Waals surface area contributed by atoms with Crippen LogP contribution >= 0.6 is 11.6 Å². The van der Waals surface area contributed by atoms with Gasteiger partial charge in [0.2, 0.25) is 11.7 Å². The first-order chi connectivity index (χ1) is 14.7.